The summed E-state index contributed by atoms with van der Waals surface area (Å²) in [6, 6.07) is 7.64. The van der Waals surface area contributed by atoms with Gasteiger partial charge in [-0.05, 0) is 57.7 Å². The van der Waals surface area contributed by atoms with Crippen molar-refractivity contribution in [1.82, 2.24) is 0 Å². The second-order valence-electron chi connectivity index (χ2n) is 6.19. The molecule has 2 atom stereocenters. The van der Waals surface area contributed by atoms with Crippen molar-refractivity contribution in [3.05, 3.63) is 35.4 Å². The van der Waals surface area contributed by atoms with E-state index in [1.807, 2.05) is 45.0 Å². The molecule has 0 saturated carbocycles. The summed E-state index contributed by atoms with van der Waals surface area (Å²) in [6.07, 6.45) is 3.03. The lowest BCUT2D eigenvalue weighted by molar-refractivity contribution is 0.00695. The van der Waals surface area contributed by atoms with Crippen LogP contribution in [0.5, 0.6) is 0 Å². The number of hydrogen-bond acceptors (Lipinski definition) is 3. The van der Waals surface area contributed by atoms with Gasteiger partial charge in [0.25, 0.3) is 0 Å². The number of methoxy groups -OCH3 is 1. The average Bonchev–Trinajstić information content (AvgIpc) is 2.45. The Morgan fingerprint density at radius 3 is 2.27 bits per heavy atom. The van der Waals surface area contributed by atoms with E-state index in [-0.39, 0.29) is 11.0 Å². The molecule has 0 spiro atoms. The first-order valence-corrected chi connectivity index (χ1v) is 9.19. The second kappa shape index (κ2) is 9.04. The summed E-state index contributed by atoms with van der Waals surface area (Å²) in [5.41, 5.74) is 1.35. The van der Waals surface area contributed by atoms with Crippen molar-refractivity contribution in [3.63, 3.8) is 0 Å². The molecule has 0 aliphatic carbocycles. The van der Waals surface area contributed by atoms with Crippen molar-refractivity contribution in [2.75, 3.05) is 7.11 Å². The third-order valence-corrected chi connectivity index (χ3v) is 5.70. The molecule has 3 nitrogen and oxygen atoms in total. The highest BCUT2D eigenvalue weighted by molar-refractivity contribution is 9.12. The zero-order valence-corrected chi connectivity index (χ0v) is 16.7. The van der Waals surface area contributed by atoms with Crippen LogP contribution in [0.25, 0.3) is 0 Å². The molecular weight excluding hydrogens is 412 g/mol. The molecule has 1 aromatic rings. The molecule has 0 fully saturated rings. The minimum absolute atomic E-state index is 0.0297. The highest BCUT2D eigenvalue weighted by Gasteiger charge is 2.18. The number of benzene rings is 1. The number of carbonyl (C=O) groups excluding carboxylic acids is 1. The summed E-state index contributed by atoms with van der Waals surface area (Å²) in [5, 5.41) is 0.0297. The maximum Gasteiger partial charge on any atom is 0.338 e. The van der Waals surface area contributed by atoms with Crippen molar-refractivity contribution >= 4 is 37.8 Å². The zero-order valence-electron chi connectivity index (χ0n) is 13.6. The molecule has 0 aliphatic heterocycles. The summed E-state index contributed by atoms with van der Waals surface area (Å²) in [6.45, 7) is 5.60. The fourth-order valence-electron chi connectivity index (χ4n) is 1.92. The largest absolute Gasteiger partial charge is 0.456 e. The quantitative estimate of drug-likeness (QED) is 0.441. The van der Waals surface area contributed by atoms with E-state index in [4.69, 9.17) is 9.47 Å². The summed E-state index contributed by atoms with van der Waals surface area (Å²) < 4.78 is 10.6. The van der Waals surface area contributed by atoms with Gasteiger partial charge in [0.1, 0.15) is 10.6 Å². The van der Waals surface area contributed by atoms with E-state index in [1.165, 1.54) is 5.56 Å². The third-order valence-electron chi connectivity index (χ3n) is 3.04. The minimum atomic E-state index is -0.464. The number of alkyl halides is 2. The maximum absolute atomic E-state index is 11.9. The van der Waals surface area contributed by atoms with Gasteiger partial charge in [-0.25, -0.2) is 4.79 Å². The molecule has 0 N–H and O–H groups in total. The molecular formula is C17H24Br2O3. The van der Waals surface area contributed by atoms with Gasteiger partial charge in [-0.2, -0.15) is 0 Å². The highest BCUT2D eigenvalue weighted by Crippen LogP contribution is 2.21. The Kier molecular flexibility index (Phi) is 8.08. The number of halogens is 2. The van der Waals surface area contributed by atoms with Gasteiger partial charge in [0, 0.05) is 7.11 Å². The van der Waals surface area contributed by atoms with E-state index in [1.54, 1.807) is 7.11 Å². The molecule has 0 saturated heterocycles. The molecule has 124 valence electrons. The Hall–Kier alpha value is -0.390. The zero-order chi connectivity index (χ0) is 16.8. The topological polar surface area (TPSA) is 35.5 Å². The number of aryl methyl sites for hydroxylation is 1. The lowest BCUT2D eigenvalue weighted by atomic mass is 10.1. The van der Waals surface area contributed by atoms with Crippen LogP contribution >= 0.6 is 31.9 Å². The molecule has 0 aliphatic rings. The molecule has 2 unspecified atom stereocenters. The normalized spacial score (nSPS) is 14.5. The van der Waals surface area contributed by atoms with E-state index < -0.39 is 5.60 Å². The van der Waals surface area contributed by atoms with Gasteiger partial charge in [0.15, 0.2) is 0 Å². The molecule has 1 aromatic carbocycles. The number of rotatable bonds is 7. The van der Waals surface area contributed by atoms with Gasteiger partial charge in [-0.1, -0.05) is 44.0 Å². The highest BCUT2D eigenvalue weighted by atomic mass is 79.9. The van der Waals surface area contributed by atoms with Crippen LogP contribution in [-0.4, -0.2) is 28.5 Å². The van der Waals surface area contributed by atoms with Crippen molar-refractivity contribution in [1.29, 1.82) is 0 Å². The van der Waals surface area contributed by atoms with Crippen LogP contribution in [-0.2, 0) is 15.9 Å². The third kappa shape index (κ3) is 7.25. The number of ether oxygens (including phenoxy) is 2. The van der Waals surface area contributed by atoms with Gasteiger partial charge in [-0.3, -0.25) is 0 Å². The Morgan fingerprint density at radius 2 is 1.77 bits per heavy atom. The molecule has 0 radical (unpaired) electrons. The predicted octanol–water partition coefficient (Wildman–Crippen LogP) is 5.10. The van der Waals surface area contributed by atoms with E-state index in [2.05, 4.69) is 31.9 Å². The molecule has 5 heteroatoms. The first kappa shape index (κ1) is 19.7. The van der Waals surface area contributed by atoms with E-state index >= 15 is 0 Å². The molecule has 22 heavy (non-hydrogen) atoms. The van der Waals surface area contributed by atoms with Crippen molar-refractivity contribution in [3.8, 4) is 0 Å². The van der Waals surface area contributed by atoms with Gasteiger partial charge >= 0.3 is 5.97 Å². The van der Waals surface area contributed by atoms with Crippen LogP contribution in [0.3, 0.4) is 0 Å². The maximum atomic E-state index is 11.9. The monoisotopic (exact) mass is 434 g/mol. The van der Waals surface area contributed by atoms with Gasteiger partial charge < -0.3 is 9.47 Å². The molecule has 0 amide bonds. The van der Waals surface area contributed by atoms with Gasteiger partial charge in [0.05, 0.1) is 10.4 Å². The lowest BCUT2D eigenvalue weighted by Gasteiger charge is -2.19. The van der Waals surface area contributed by atoms with Crippen LogP contribution in [0.4, 0.5) is 0 Å². The molecule has 0 heterocycles. The summed E-state index contributed by atoms with van der Waals surface area (Å²) in [4.78, 5) is 12.2. The molecule has 1 rings (SSSR count). The number of carbonyl (C=O) groups is 1. The average molecular weight is 436 g/mol. The Bertz CT molecular complexity index is 466. The SMILES string of the molecule is COC(Br)C(Br)CCCc1ccc(C(=O)OC(C)(C)C)cc1. The Labute approximate surface area is 150 Å². The Morgan fingerprint density at radius 1 is 1.18 bits per heavy atom. The van der Waals surface area contributed by atoms with E-state index in [0.717, 1.165) is 19.3 Å². The van der Waals surface area contributed by atoms with E-state index in [9.17, 15) is 4.79 Å². The van der Waals surface area contributed by atoms with Gasteiger partial charge in [0.2, 0.25) is 0 Å². The minimum Gasteiger partial charge on any atom is -0.456 e. The fourth-order valence-corrected chi connectivity index (χ4v) is 2.73. The number of hydrogen-bond donors (Lipinski definition) is 0. The standard InChI is InChI=1S/C17H24Br2O3/c1-17(2,3)22-16(20)13-10-8-12(9-11-13)6-5-7-14(18)15(19)21-4/h8-11,14-15H,5-7H2,1-4H3. The van der Waals surface area contributed by atoms with Crippen molar-refractivity contribution in [2.24, 2.45) is 0 Å². The Balaban J connectivity index is 2.47. The summed E-state index contributed by atoms with van der Waals surface area (Å²) in [5.74, 6) is -0.276. The number of esters is 1. The summed E-state index contributed by atoms with van der Waals surface area (Å²) in [7, 11) is 1.68. The fraction of sp³-hybridized carbons (Fsp3) is 0.588. The van der Waals surface area contributed by atoms with E-state index in [0.29, 0.717) is 10.4 Å². The predicted molar refractivity (Wildman–Crippen MR) is 97.0 cm³/mol. The molecule has 0 aromatic heterocycles. The smallest absolute Gasteiger partial charge is 0.338 e. The lowest BCUT2D eigenvalue weighted by Crippen LogP contribution is -2.23. The van der Waals surface area contributed by atoms with Crippen LogP contribution in [0.15, 0.2) is 24.3 Å². The van der Waals surface area contributed by atoms with Crippen LogP contribution in [0.1, 0.15) is 49.5 Å². The van der Waals surface area contributed by atoms with Crippen LogP contribution in [0.2, 0.25) is 0 Å². The first-order chi connectivity index (χ1) is 10.2. The van der Waals surface area contributed by atoms with Crippen molar-refractivity contribution < 1.29 is 14.3 Å². The first-order valence-electron chi connectivity index (χ1n) is 7.36. The van der Waals surface area contributed by atoms with Crippen molar-refractivity contribution in [2.45, 2.75) is 55.5 Å². The van der Waals surface area contributed by atoms with Crippen LogP contribution in [0, 0.1) is 0 Å². The van der Waals surface area contributed by atoms with Gasteiger partial charge in [-0.15, -0.1) is 0 Å². The summed E-state index contributed by atoms with van der Waals surface area (Å²) >= 11 is 7.06. The van der Waals surface area contributed by atoms with Crippen LogP contribution < -0.4 is 0 Å². The second-order valence-corrected chi connectivity index (χ2v) is 8.27. The molecule has 0 bridgehead atoms.